The Kier molecular flexibility index (Phi) is 4.88. The molecule has 0 saturated heterocycles. The zero-order chi connectivity index (χ0) is 14.4. The van der Waals surface area contributed by atoms with E-state index in [2.05, 4.69) is 0 Å². The highest BCUT2D eigenvalue weighted by atomic mass is 16.5. The first-order valence-corrected chi connectivity index (χ1v) is 6.70. The minimum Gasteiger partial charge on any atom is -0.497 e. The Balaban J connectivity index is 1.89. The maximum Gasteiger partial charge on any atom is 0.120 e. The van der Waals surface area contributed by atoms with Gasteiger partial charge in [0.2, 0.25) is 0 Å². The van der Waals surface area contributed by atoms with Crippen molar-refractivity contribution in [2.45, 2.75) is 26.6 Å². The van der Waals surface area contributed by atoms with Gasteiger partial charge in [-0.05, 0) is 55.8 Å². The highest BCUT2D eigenvalue weighted by Crippen LogP contribution is 2.19. The van der Waals surface area contributed by atoms with Crippen molar-refractivity contribution in [1.82, 2.24) is 0 Å². The number of ether oxygens (including phenoxy) is 3. The second-order valence-electron chi connectivity index (χ2n) is 4.77. The first kappa shape index (κ1) is 14.3. The molecule has 2 aromatic carbocycles. The summed E-state index contributed by atoms with van der Waals surface area (Å²) in [6, 6.07) is 15.5. The van der Waals surface area contributed by atoms with Gasteiger partial charge in [0.05, 0.1) is 13.2 Å². The number of benzene rings is 2. The molecule has 2 aromatic rings. The van der Waals surface area contributed by atoms with E-state index in [-0.39, 0.29) is 6.10 Å². The molecule has 0 saturated carbocycles. The summed E-state index contributed by atoms with van der Waals surface area (Å²) in [4.78, 5) is 0. The Morgan fingerprint density at radius 3 is 1.90 bits per heavy atom. The van der Waals surface area contributed by atoms with Crippen LogP contribution in [0.15, 0.2) is 48.5 Å². The van der Waals surface area contributed by atoms with Crippen LogP contribution in [0, 0.1) is 0 Å². The van der Waals surface area contributed by atoms with Crippen molar-refractivity contribution < 1.29 is 14.2 Å². The molecule has 0 spiro atoms. The van der Waals surface area contributed by atoms with E-state index in [9.17, 15) is 0 Å². The topological polar surface area (TPSA) is 27.7 Å². The molecule has 2 rings (SSSR count). The lowest BCUT2D eigenvalue weighted by Gasteiger charge is -2.11. The Labute approximate surface area is 120 Å². The second-order valence-corrected chi connectivity index (χ2v) is 4.77. The van der Waals surface area contributed by atoms with Crippen molar-refractivity contribution in [3.63, 3.8) is 0 Å². The third-order valence-electron chi connectivity index (χ3n) is 2.76. The van der Waals surface area contributed by atoms with E-state index < -0.39 is 0 Å². The number of rotatable bonds is 6. The van der Waals surface area contributed by atoms with E-state index in [1.807, 2.05) is 62.4 Å². The van der Waals surface area contributed by atoms with Gasteiger partial charge in [0.1, 0.15) is 23.9 Å². The molecule has 106 valence electrons. The predicted octanol–water partition coefficient (Wildman–Crippen LogP) is 4.06. The van der Waals surface area contributed by atoms with Gasteiger partial charge in [-0.2, -0.15) is 0 Å². The van der Waals surface area contributed by atoms with Crippen molar-refractivity contribution >= 4 is 0 Å². The van der Waals surface area contributed by atoms with Crippen LogP contribution in [0.5, 0.6) is 17.2 Å². The van der Waals surface area contributed by atoms with E-state index in [1.54, 1.807) is 7.11 Å². The molecule has 20 heavy (non-hydrogen) atoms. The first-order chi connectivity index (χ1) is 9.67. The van der Waals surface area contributed by atoms with Crippen LogP contribution in [0.2, 0.25) is 0 Å². The number of methoxy groups -OCH3 is 1. The summed E-state index contributed by atoms with van der Waals surface area (Å²) >= 11 is 0. The summed E-state index contributed by atoms with van der Waals surface area (Å²) in [6.07, 6.45) is 0.191. The normalized spacial score (nSPS) is 10.4. The van der Waals surface area contributed by atoms with Crippen molar-refractivity contribution in [2.24, 2.45) is 0 Å². The lowest BCUT2D eigenvalue weighted by molar-refractivity contribution is 0.242. The van der Waals surface area contributed by atoms with Crippen LogP contribution in [0.1, 0.15) is 19.4 Å². The summed E-state index contributed by atoms with van der Waals surface area (Å²) in [5.41, 5.74) is 1.11. The third kappa shape index (κ3) is 4.19. The molecule has 0 amide bonds. The van der Waals surface area contributed by atoms with Crippen molar-refractivity contribution in [2.75, 3.05) is 7.11 Å². The smallest absolute Gasteiger partial charge is 0.120 e. The average Bonchev–Trinajstić information content (AvgIpc) is 2.46. The summed E-state index contributed by atoms with van der Waals surface area (Å²) in [5, 5.41) is 0. The standard InChI is InChI=1S/C17H20O3/c1-13(2)20-17-6-4-14(5-7-17)12-19-16-10-8-15(18-3)9-11-16/h4-11,13H,12H2,1-3H3. The first-order valence-electron chi connectivity index (χ1n) is 6.70. The largest absolute Gasteiger partial charge is 0.497 e. The van der Waals surface area contributed by atoms with Crippen molar-refractivity contribution in [3.05, 3.63) is 54.1 Å². The van der Waals surface area contributed by atoms with Gasteiger partial charge in [-0.1, -0.05) is 12.1 Å². The fourth-order valence-corrected chi connectivity index (χ4v) is 1.78. The van der Waals surface area contributed by atoms with Gasteiger partial charge in [-0.3, -0.25) is 0 Å². The van der Waals surface area contributed by atoms with Gasteiger partial charge in [0.25, 0.3) is 0 Å². The van der Waals surface area contributed by atoms with Gasteiger partial charge in [-0.15, -0.1) is 0 Å². The third-order valence-corrected chi connectivity index (χ3v) is 2.76. The maximum absolute atomic E-state index is 5.72. The summed E-state index contributed by atoms with van der Waals surface area (Å²) in [6.45, 7) is 4.57. The molecule has 0 bridgehead atoms. The average molecular weight is 272 g/mol. The molecule has 0 aliphatic rings. The Bertz CT molecular complexity index is 515. The fraction of sp³-hybridized carbons (Fsp3) is 0.294. The van der Waals surface area contributed by atoms with Crippen molar-refractivity contribution in [3.8, 4) is 17.2 Å². The number of hydrogen-bond donors (Lipinski definition) is 0. The second kappa shape index (κ2) is 6.85. The predicted molar refractivity (Wildman–Crippen MR) is 79.5 cm³/mol. The molecule has 0 atom stereocenters. The lowest BCUT2D eigenvalue weighted by Crippen LogP contribution is -2.05. The van der Waals surface area contributed by atoms with E-state index in [0.29, 0.717) is 6.61 Å². The summed E-state index contributed by atoms with van der Waals surface area (Å²) in [5.74, 6) is 2.54. The monoisotopic (exact) mass is 272 g/mol. The van der Waals surface area contributed by atoms with E-state index in [4.69, 9.17) is 14.2 Å². The van der Waals surface area contributed by atoms with E-state index in [0.717, 1.165) is 22.8 Å². The summed E-state index contributed by atoms with van der Waals surface area (Å²) < 4.78 is 16.4. The zero-order valence-corrected chi connectivity index (χ0v) is 12.1. The molecular weight excluding hydrogens is 252 g/mol. The minimum atomic E-state index is 0.191. The highest BCUT2D eigenvalue weighted by Gasteiger charge is 2.00. The Morgan fingerprint density at radius 2 is 1.35 bits per heavy atom. The van der Waals surface area contributed by atoms with E-state index >= 15 is 0 Å². The van der Waals surface area contributed by atoms with Crippen LogP contribution in [-0.2, 0) is 6.61 Å². The van der Waals surface area contributed by atoms with Crippen LogP contribution >= 0.6 is 0 Å². The molecule has 0 radical (unpaired) electrons. The minimum absolute atomic E-state index is 0.191. The zero-order valence-electron chi connectivity index (χ0n) is 12.1. The van der Waals surface area contributed by atoms with E-state index in [1.165, 1.54) is 0 Å². The lowest BCUT2D eigenvalue weighted by atomic mass is 10.2. The maximum atomic E-state index is 5.72. The molecule has 3 nitrogen and oxygen atoms in total. The molecular formula is C17H20O3. The van der Waals surface area contributed by atoms with Crippen LogP contribution < -0.4 is 14.2 Å². The molecule has 0 aliphatic carbocycles. The van der Waals surface area contributed by atoms with Crippen molar-refractivity contribution in [1.29, 1.82) is 0 Å². The Morgan fingerprint density at radius 1 is 0.800 bits per heavy atom. The number of hydrogen-bond acceptors (Lipinski definition) is 3. The van der Waals surface area contributed by atoms with Gasteiger partial charge in [0.15, 0.2) is 0 Å². The Hall–Kier alpha value is -2.16. The van der Waals surface area contributed by atoms with Gasteiger partial charge in [-0.25, -0.2) is 0 Å². The summed E-state index contributed by atoms with van der Waals surface area (Å²) in [7, 11) is 1.65. The molecule has 0 aromatic heterocycles. The SMILES string of the molecule is COc1ccc(OCc2ccc(OC(C)C)cc2)cc1. The van der Waals surface area contributed by atoms with Crippen LogP contribution in [0.25, 0.3) is 0 Å². The molecule has 0 unspecified atom stereocenters. The van der Waals surface area contributed by atoms with Gasteiger partial charge < -0.3 is 14.2 Å². The van der Waals surface area contributed by atoms with Crippen LogP contribution in [0.3, 0.4) is 0 Å². The van der Waals surface area contributed by atoms with Gasteiger partial charge in [0, 0.05) is 0 Å². The molecule has 0 N–H and O–H groups in total. The van der Waals surface area contributed by atoms with Gasteiger partial charge >= 0.3 is 0 Å². The highest BCUT2D eigenvalue weighted by molar-refractivity contribution is 5.32. The molecule has 0 heterocycles. The van der Waals surface area contributed by atoms with Crippen LogP contribution in [0.4, 0.5) is 0 Å². The molecule has 3 heteroatoms. The quantitative estimate of drug-likeness (QED) is 0.793. The fourth-order valence-electron chi connectivity index (χ4n) is 1.78. The molecule has 0 fully saturated rings. The molecule has 0 aliphatic heterocycles. The van der Waals surface area contributed by atoms with Crippen LogP contribution in [-0.4, -0.2) is 13.2 Å².